The highest BCUT2D eigenvalue weighted by Crippen LogP contribution is 2.32. The van der Waals surface area contributed by atoms with Gasteiger partial charge in [0.1, 0.15) is 10.7 Å². The van der Waals surface area contributed by atoms with Crippen LogP contribution in [-0.2, 0) is 16.5 Å². The fourth-order valence-electron chi connectivity index (χ4n) is 1.79. The van der Waals surface area contributed by atoms with E-state index in [1.165, 1.54) is 0 Å². The number of anilines is 1. The van der Waals surface area contributed by atoms with E-state index < -0.39 is 16.8 Å². The Hall–Kier alpha value is -1.60. The maximum Gasteiger partial charge on any atom is 0.409 e. The van der Waals surface area contributed by atoms with Crippen LogP contribution in [-0.4, -0.2) is 19.6 Å². The van der Waals surface area contributed by atoms with Gasteiger partial charge in [-0.1, -0.05) is 18.2 Å². The molecule has 7 heteroatoms. The summed E-state index contributed by atoms with van der Waals surface area (Å²) in [5, 5.41) is 12.7. The minimum atomic E-state index is -2.49. The van der Waals surface area contributed by atoms with E-state index in [-0.39, 0.29) is 5.75 Å². The van der Waals surface area contributed by atoms with Crippen LogP contribution in [0.3, 0.4) is 0 Å². The van der Waals surface area contributed by atoms with Gasteiger partial charge in [-0.05, 0) is 44.4 Å². The van der Waals surface area contributed by atoms with Gasteiger partial charge in [0.25, 0.3) is 0 Å². The predicted octanol–water partition coefficient (Wildman–Crippen LogP) is 2.80. The number of nitrogens with one attached hydrogen (secondary N) is 1. The normalized spacial score (nSPS) is 10.8. The van der Waals surface area contributed by atoms with Crippen LogP contribution < -0.4 is 5.32 Å². The number of fused-ring (bicyclic) bond motifs is 1. The molecule has 0 aliphatic rings. The van der Waals surface area contributed by atoms with Gasteiger partial charge < -0.3 is 5.11 Å². The Morgan fingerprint density at radius 2 is 1.95 bits per heavy atom. The summed E-state index contributed by atoms with van der Waals surface area (Å²) < 4.78 is 22.1. The maximum absolute atomic E-state index is 10.7. The fourth-order valence-corrected chi connectivity index (χ4v) is 2.86. The number of halogens is 1. The van der Waals surface area contributed by atoms with Gasteiger partial charge in [-0.2, -0.15) is 0 Å². The van der Waals surface area contributed by atoms with Crippen molar-refractivity contribution >= 4 is 49.2 Å². The summed E-state index contributed by atoms with van der Waals surface area (Å²) >= 11 is 3.33. The van der Waals surface area contributed by atoms with Crippen molar-refractivity contribution in [3.8, 4) is 0 Å². The molecule has 0 aliphatic heterocycles. The third-order valence-electron chi connectivity index (χ3n) is 2.57. The lowest BCUT2D eigenvalue weighted by atomic mass is 10.1. The van der Waals surface area contributed by atoms with E-state index in [4.69, 9.17) is 5.11 Å². The highest BCUT2D eigenvalue weighted by molar-refractivity contribution is 9.10. The summed E-state index contributed by atoms with van der Waals surface area (Å²) in [6.07, 6.45) is -1.15. The quantitative estimate of drug-likeness (QED) is 0.748. The predicted molar refractivity (Wildman–Crippen MR) is 77.3 cm³/mol. The summed E-state index contributed by atoms with van der Waals surface area (Å²) in [5.41, 5.74) is 1.08. The average Bonchev–Trinajstić information content (AvgIpc) is 2.32. The van der Waals surface area contributed by atoms with Crippen molar-refractivity contribution in [1.29, 1.82) is 0 Å². The molecular weight excluding hydrogens is 334 g/mol. The summed E-state index contributed by atoms with van der Waals surface area (Å²) in [4.78, 5) is 10.7. The molecule has 0 unspecified atom stereocenters. The third-order valence-corrected chi connectivity index (χ3v) is 4.05. The standard InChI is InChI=1S/C12H10BrNO4S/c13-11-9-5-7(6-19(17)18)1-2-8(9)3-4-10(11)14-12(15)16/h1-5,14,19H,6H2,(H,15,16). The minimum Gasteiger partial charge on any atom is -0.465 e. The van der Waals surface area contributed by atoms with Crippen molar-refractivity contribution in [3.63, 3.8) is 0 Å². The molecule has 100 valence electrons. The Balaban J connectivity index is 2.55. The van der Waals surface area contributed by atoms with E-state index >= 15 is 0 Å². The van der Waals surface area contributed by atoms with Gasteiger partial charge in [-0.3, -0.25) is 5.32 Å². The summed E-state index contributed by atoms with van der Waals surface area (Å²) in [6.45, 7) is 0. The Bertz CT molecular complexity index is 719. The number of amides is 1. The second-order valence-electron chi connectivity index (χ2n) is 3.90. The summed E-state index contributed by atoms with van der Waals surface area (Å²) in [5.74, 6) is -0.0334. The van der Waals surface area contributed by atoms with Crippen LogP contribution in [0.5, 0.6) is 0 Å². The SMILES string of the molecule is O=C(O)Nc1ccc2ccc(C[SH](=O)=O)cc2c1Br. The highest BCUT2D eigenvalue weighted by Gasteiger charge is 2.08. The van der Waals surface area contributed by atoms with Gasteiger partial charge >= 0.3 is 6.09 Å². The first kappa shape index (κ1) is 13.8. The van der Waals surface area contributed by atoms with E-state index in [1.807, 2.05) is 0 Å². The summed E-state index contributed by atoms with van der Waals surface area (Å²) in [7, 11) is -2.49. The summed E-state index contributed by atoms with van der Waals surface area (Å²) in [6, 6.07) is 8.70. The van der Waals surface area contributed by atoms with Crippen LogP contribution in [0.2, 0.25) is 0 Å². The van der Waals surface area contributed by atoms with Gasteiger partial charge in [-0.25, -0.2) is 13.2 Å². The lowest BCUT2D eigenvalue weighted by Crippen LogP contribution is -2.07. The van der Waals surface area contributed by atoms with Crippen LogP contribution in [0, 0.1) is 0 Å². The first-order valence-corrected chi connectivity index (χ1v) is 7.46. The molecule has 0 radical (unpaired) electrons. The zero-order valence-electron chi connectivity index (χ0n) is 9.59. The molecule has 2 N–H and O–H groups in total. The second kappa shape index (κ2) is 5.58. The Kier molecular flexibility index (Phi) is 4.06. The second-order valence-corrected chi connectivity index (χ2v) is 5.68. The number of rotatable bonds is 3. The van der Waals surface area contributed by atoms with E-state index in [0.29, 0.717) is 15.7 Å². The maximum atomic E-state index is 10.7. The Labute approximate surface area is 119 Å². The molecule has 19 heavy (non-hydrogen) atoms. The number of hydrogen-bond acceptors (Lipinski definition) is 3. The van der Waals surface area contributed by atoms with E-state index in [2.05, 4.69) is 21.2 Å². The van der Waals surface area contributed by atoms with Crippen LogP contribution in [0.4, 0.5) is 10.5 Å². The van der Waals surface area contributed by atoms with Gasteiger partial charge in [0.15, 0.2) is 0 Å². The molecule has 0 atom stereocenters. The molecule has 0 saturated heterocycles. The van der Waals surface area contributed by atoms with Crippen molar-refractivity contribution in [3.05, 3.63) is 40.4 Å². The molecule has 0 bridgehead atoms. The zero-order chi connectivity index (χ0) is 14.0. The number of benzene rings is 2. The highest BCUT2D eigenvalue weighted by atomic mass is 79.9. The lowest BCUT2D eigenvalue weighted by Gasteiger charge is -2.08. The van der Waals surface area contributed by atoms with Crippen molar-refractivity contribution in [1.82, 2.24) is 0 Å². The van der Waals surface area contributed by atoms with Crippen molar-refractivity contribution in [2.45, 2.75) is 5.75 Å². The number of carboxylic acid groups (broad SMARTS) is 1. The molecule has 0 saturated carbocycles. The van der Waals surface area contributed by atoms with Gasteiger partial charge in [0, 0.05) is 4.47 Å². The van der Waals surface area contributed by atoms with E-state index in [1.54, 1.807) is 30.3 Å². The smallest absolute Gasteiger partial charge is 0.409 e. The van der Waals surface area contributed by atoms with Crippen LogP contribution in [0.25, 0.3) is 10.8 Å². The largest absolute Gasteiger partial charge is 0.465 e. The van der Waals surface area contributed by atoms with Gasteiger partial charge in [0.2, 0.25) is 0 Å². The van der Waals surface area contributed by atoms with Gasteiger partial charge in [-0.15, -0.1) is 0 Å². The molecule has 0 heterocycles. The zero-order valence-corrected chi connectivity index (χ0v) is 12.1. The Morgan fingerprint density at radius 1 is 1.26 bits per heavy atom. The molecule has 0 aliphatic carbocycles. The monoisotopic (exact) mass is 343 g/mol. The molecule has 0 fully saturated rings. The molecule has 2 aromatic rings. The molecule has 0 spiro atoms. The first-order chi connectivity index (χ1) is 8.97. The van der Waals surface area contributed by atoms with E-state index in [0.717, 1.165) is 10.8 Å². The number of thiol groups is 1. The minimum absolute atomic E-state index is 0.0334. The Morgan fingerprint density at radius 3 is 2.58 bits per heavy atom. The van der Waals surface area contributed by atoms with Crippen molar-refractivity contribution in [2.75, 3.05) is 5.32 Å². The van der Waals surface area contributed by atoms with Gasteiger partial charge in [0.05, 0.1) is 11.4 Å². The lowest BCUT2D eigenvalue weighted by molar-refractivity contribution is 0.209. The fraction of sp³-hybridized carbons (Fsp3) is 0.0833. The van der Waals surface area contributed by atoms with E-state index in [9.17, 15) is 13.2 Å². The first-order valence-electron chi connectivity index (χ1n) is 5.30. The van der Waals surface area contributed by atoms with Crippen molar-refractivity contribution in [2.24, 2.45) is 0 Å². The van der Waals surface area contributed by atoms with Crippen LogP contribution in [0.1, 0.15) is 5.56 Å². The molecular formula is C12H10BrNO4S. The molecule has 2 aromatic carbocycles. The third kappa shape index (κ3) is 3.24. The number of carbonyl (C=O) groups is 1. The average molecular weight is 344 g/mol. The van der Waals surface area contributed by atoms with Crippen LogP contribution in [0.15, 0.2) is 34.8 Å². The molecule has 0 aromatic heterocycles. The number of hydrogen-bond donors (Lipinski definition) is 3. The topological polar surface area (TPSA) is 83.5 Å². The van der Waals surface area contributed by atoms with Crippen LogP contribution >= 0.6 is 15.9 Å². The molecule has 1 amide bonds. The molecule has 2 rings (SSSR count). The molecule has 5 nitrogen and oxygen atoms in total. The van der Waals surface area contributed by atoms with Crippen molar-refractivity contribution < 1.29 is 18.3 Å².